The molecule has 2 aromatic rings. The minimum Gasteiger partial charge on any atom is -0.387 e. The Labute approximate surface area is 136 Å². The number of hydrogen-bond acceptors (Lipinski definition) is 4. The maximum atomic E-state index is 12.6. The monoisotopic (exact) mass is 335 g/mol. The molecule has 3 rings (SSSR count). The molecule has 1 aliphatic carbocycles. The van der Waals surface area contributed by atoms with Crippen LogP contribution in [0.25, 0.3) is 0 Å². The van der Waals surface area contributed by atoms with Crippen LogP contribution in [-0.4, -0.2) is 29.8 Å². The summed E-state index contributed by atoms with van der Waals surface area (Å²) in [5.41, 5.74) is 2.38. The number of fused-ring (bicyclic) bond motifs is 1. The second kappa shape index (κ2) is 6.43. The third-order valence-electron chi connectivity index (χ3n) is 4.17. The summed E-state index contributed by atoms with van der Waals surface area (Å²) in [4.78, 5) is 0. The van der Waals surface area contributed by atoms with Gasteiger partial charge in [-0.25, -0.2) is 13.1 Å². The first kappa shape index (κ1) is 16.2. The highest BCUT2D eigenvalue weighted by molar-refractivity contribution is 7.89. The lowest BCUT2D eigenvalue weighted by molar-refractivity contribution is 0.182. The summed E-state index contributed by atoms with van der Waals surface area (Å²) in [6.45, 7) is -0.0632. The summed E-state index contributed by atoms with van der Waals surface area (Å²) in [7, 11) is -2.05. The van der Waals surface area contributed by atoms with Crippen LogP contribution in [0.15, 0.2) is 35.4 Å². The van der Waals surface area contributed by atoms with Gasteiger partial charge in [-0.3, -0.25) is 4.68 Å². The highest BCUT2D eigenvalue weighted by Gasteiger charge is 2.28. The predicted octanol–water partition coefficient (Wildman–Crippen LogP) is 1.31. The van der Waals surface area contributed by atoms with Gasteiger partial charge in [0.25, 0.3) is 10.0 Å². The quantitative estimate of drug-likeness (QED) is 0.863. The Morgan fingerprint density at radius 2 is 1.96 bits per heavy atom. The van der Waals surface area contributed by atoms with Crippen LogP contribution in [-0.2, 0) is 29.9 Å². The van der Waals surface area contributed by atoms with Crippen LogP contribution in [0.2, 0.25) is 0 Å². The molecule has 1 aliphatic rings. The fraction of sp³-hybridized carbons (Fsp3) is 0.438. The van der Waals surface area contributed by atoms with Crippen molar-refractivity contribution in [2.24, 2.45) is 7.05 Å². The molecule has 0 saturated heterocycles. The molecule has 0 amide bonds. The van der Waals surface area contributed by atoms with E-state index in [-0.39, 0.29) is 11.6 Å². The zero-order valence-corrected chi connectivity index (χ0v) is 13.9. The van der Waals surface area contributed by atoms with Gasteiger partial charge in [-0.1, -0.05) is 30.3 Å². The van der Waals surface area contributed by atoms with Crippen molar-refractivity contribution < 1.29 is 13.5 Å². The van der Waals surface area contributed by atoms with Crippen molar-refractivity contribution in [3.8, 4) is 0 Å². The molecule has 0 saturated carbocycles. The smallest absolute Gasteiger partial charge is 0.258 e. The molecular formula is C16H21N3O3S. The van der Waals surface area contributed by atoms with E-state index in [9.17, 15) is 13.5 Å². The SMILES string of the molecule is Cn1nc2c(c1S(=O)(=O)NCC(O)c1ccccc1)CCCC2. The Hall–Kier alpha value is -1.70. The summed E-state index contributed by atoms with van der Waals surface area (Å²) in [5, 5.41) is 14.7. The van der Waals surface area contributed by atoms with E-state index in [1.165, 1.54) is 4.68 Å². The number of nitrogens with one attached hydrogen (secondary N) is 1. The summed E-state index contributed by atoms with van der Waals surface area (Å²) in [6, 6.07) is 9.01. The number of rotatable bonds is 5. The number of sulfonamides is 1. The Bertz CT molecular complexity index is 784. The second-order valence-corrected chi connectivity index (χ2v) is 7.52. The zero-order chi connectivity index (χ0) is 16.4. The molecule has 23 heavy (non-hydrogen) atoms. The molecule has 2 N–H and O–H groups in total. The largest absolute Gasteiger partial charge is 0.387 e. The average Bonchev–Trinajstić information content (AvgIpc) is 2.90. The van der Waals surface area contributed by atoms with E-state index in [1.54, 1.807) is 19.2 Å². The standard InChI is InChI=1S/C16H21N3O3S/c1-19-16(13-9-5-6-10-14(13)18-19)23(21,22)17-11-15(20)12-7-3-2-4-8-12/h2-4,7-8,15,17,20H,5-6,9-11H2,1H3. The molecular weight excluding hydrogens is 314 g/mol. The first-order chi connectivity index (χ1) is 11.0. The number of aliphatic hydroxyl groups excluding tert-OH is 1. The number of nitrogens with zero attached hydrogens (tertiary/aromatic N) is 2. The summed E-state index contributed by atoms with van der Waals surface area (Å²) in [6.07, 6.45) is 2.71. The molecule has 6 nitrogen and oxygen atoms in total. The van der Waals surface area contributed by atoms with Gasteiger partial charge >= 0.3 is 0 Å². The van der Waals surface area contributed by atoms with Crippen molar-refractivity contribution in [1.29, 1.82) is 0 Å². The van der Waals surface area contributed by atoms with Crippen molar-refractivity contribution in [2.75, 3.05) is 6.54 Å². The lowest BCUT2D eigenvalue weighted by Crippen LogP contribution is -2.30. The summed E-state index contributed by atoms with van der Waals surface area (Å²) in [5.74, 6) is 0. The van der Waals surface area contributed by atoms with E-state index >= 15 is 0 Å². The van der Waals surface area contributed by atoms with Gasteiger partial charge in [0.2, 0.25) is 0 Å². The molecule has 7 heteroatoms. The van der Waals surface area contributed by atoms with E-state index < -0.39 is 16.1 Å². The van der Waals surface area contributed by atoms with Crippen LogP contribution in [0, 0.1) is 0 Å². The van der Waals surface area contributed by atoms with Gasteiger partial charge in [-0.15, -0.1) is 0 Å². The van der Waals surface area contributed by atoms with Crippen LogP contribution in [0.4, 0.5) is 0 Å². The predicted molar refractivity (Wildman–Crippen MR) is 86.4 cm³/mol. The lowest BCUT2D eigenvalue weighted by atomic mass is 9.99. The van der Waals surface area contributed by atoms with E-state index in [1.807, 2.05) is 18.2 Å². The Kier molecular flexibility index (Phi) is 4.52. The summed E-state index contributed by atoms with van der Waals surface area (Å²) < 4.78 is 29.2. The molecule has 1 aromatic carbocycles. The molecule has 124 valence electrons. The van der Waals surface area contributed by atoms with Gasteiger partial charge in [0.15, 0.2) is 5.03 Å². The van der Waals surface area contributed by atoms with Crippen molar-refractivity contribution in [1.82, 2.24) is 14.5 Å². The fourth-order valence-electron chi connectivity index (χ4n) is 3.04. The maximum Gasteiger partial charge on any atom is 0.258 e. The molecule has 0 aliphatic heterocycles. The maximum absolute atomic E-state index is 12.6. The molecule has 0 spiro atoms. The first-order valence-electron chi connectivity index (χ1n) is 7.76. The molecule has 1 aromatic heterocycles. The highest BCUT2D eigenvalue weighted by Crippen LogP contribution is 2.26. The summed E-state index contributed by atoms with van der Waals surface area (Å²) >= 11 is 0. The molecule has 0 bridgehead atoms. The van der Waals surface area contributed by atoms with Crippen molar-refractivity contribution >= 4 is 10.0 Å². The third-order valence-corrected chi connectivity index (χ3v) is 5.73. The number of benzene rings is 1. The van der Waals surface area contributed by atoms with Gasteiger partial charge in [-0.2, -0.15) is 5.10 Å². The van der Waals surface area contributed by atoms with Crippen LogP contribution in [0.1, 0.15) is 35.8 Å². The van der Waals surface area contributed by atoms with Crippen LogP contribution in [0.5, 0.6) is 0 Å². The molecule has 0 fully saturated rings. The molecule has 1 unspecified atom stereocenters. The van der Waals surface area contributed by atoms with Crippen LogP contribution < -0.4 is 4.72 Å². The van der Waals surface area contributed by atoms with Gasteiger partial charge in [-0.05, 0) is 31.2 Å². The third kappa shape index (κ3) is 3.31. The van der Waals surface area contributed by atoms with Crippen molar-refractivity contribution in [3.63, 3.8) is 0 Å². The topological polar surface area (TPSA) is 84.2 Å². The minimum absolute atomic E-state index is 0.0632. The van der Waals surface area contributed by atoms with Gasteiger partial charge in [0.1, 0.15) is 0 Å². The number of aliphatic hydroxyl groups is 1. The second-order valence-electron chi connectivity index (χ2n) is 5.84. The minimum atomic E-state index is -3.70. The Morgan fingerprint density at radius 3 is 2.70 bits per heavy atom. The Balaban J connectivity index is 1.79. The zero-order valence-electron chi connectivity index (χ0n) is 13.1. The fourth-order valence-corrected chi connectivity index (χ4v) is 4.49. The number of aryl methyl sites for hydroxylation is 2. The van der Waals surface area contributed by atoms with Crippen LogP contribution >= 0.6 is 0 Å². The van der Waals surface area contributed by atoms with Crippen LogP contribution in [0.3, 0.4) is 0 Å². The van der Waals surface area contributed by atoms with E-state index in [2.05, 4.69) is 9.82 Å². The molecule has 1 atom stereocenters. The van der Waals surface area contributed by atoms with Gasteiger partial charge in [0.05, 0.1) is 11.8 Å². The van der Waals surface area contributed by atoms with Crippen molar-refractivity contribution in [3.05, 3.63) is 47.2 Å². The number of hydrogen-bond donors (Lipinski definition) is 2. The van der Waals surface area contributed by atoms with E-state index in [0.717, 1.165) is 36.9 Å². The number of aromatic nitrogens is 2. The Morgan fingerprint density at radius 1 is 1.26 bits per heavy atom. The molecule has 0 radical (unpaired) electrons. The molecule has 1 heterocycles. The first-order valence-corrected chi connectivity index (χ1v) is 9.25. The van der Waals surface area contributed by atoms with Crippen molar-refractivity contribution in [2.45, 2.75) is 36.8 Å². The van der Waals surface area contributed by atoms with Gasteiger partial charge < -0.3 is 5.11 Å². The van der Waals surface area contributed by atoms with Gasteiger partial charge in [0, 0.05) is 19.2 Å². The van der Waals surface area contributed by atoms with E-state index in [0.29, 0.717) is 5.56 Å². The lowest BCUT2D eigenvalue weighted by Gasteiger charge is -2.15. The highest BCUT2D eigenvalue weighted by atomic mass is 32.2. The average molecular weight is 335 g/mol. The normalized spacial score (nSPS) is 16.1. The van der Waals surface area contributed by atoms with E-state index in [4.69, 9.17) is 0 Å².